The van der Waals surface area contributed by atoms with Gasteiger partial charge in [0.25, 0.3) is 0 Å². The maximum Gasteiger partial charge on any atom is 0.186 e. The second kappa shape index (κ2) is 11.8. The smallest absolute Gasteiger partial charge is 0.186 e. The highest BCUT2D eigenvalue weighted by molar-refractivity contribution is 5.20. The van der Waals surface area contributed by atoms with Crippen molar-refractivity contribution in [3.8, 4) is 0 Å². The predicted octanol–water partition coefficient (Wildman–Crippen LogP) is 4.32. The first-order chi connectivity index (χ1) is 20.3. The van der Waals surface area contributed by atoms with E-state index < -0.39 is 49.0 Å². The zero-order valence-electron chi connectivity index (χ0n) is 28.5. The molecule has 0 aromatic carbocycles. The molecule has 6 N–H and O–H groups in total. The quantitative estimate of drug-likeness (QED) is 0.182. The summed E-state index contributed by atoms with van der Waals surface area (Å²) >= 11 is 0. The Morgan fingerprint density at radius 1 is 0.886 bits per heavy atom. The number of allylic oxidation sites excluding steroid dienone is 2. The lowest BCUT2D eigenvalue weighted by molar-refractivity contribution is -0.332. The van der Waals surface area contributed by atoms with Gasteiger partial charge in [0.15, 0.2) is 6.29 Å². The molecule has 0 radical (unpaired) electrons. The molecule has 0 amide bonds. The summed E-state index contributed by atoms with van der Waals surface area (Å²) in [4.78, 5) is 0. The van der Waals surface area contributed by atoms with Crippen LogP contribution in [0.15, 0.2) is 11.6 Å². The number of hydrogen-bond acceptors (Lipinski definition) is 8. The number of ether oxygens (including phenoxy) is 2. The van der Waals surface area contributed by atoms with E-state index in [-0.39, 0.29) is 39.6 Å². The molecular formula is C36H62O8. The fourth-order valence-corrected chi connectivity index (χ4v) is 11.9. The van der Waals surface area contributed by atoms with E-state index in [4.69, 9.17) is 9.47 Å². The molecule has 1 saturated heterocycles. The Balaban J connectivity index is 1.37. The van der Waals surface area contributed by atoms with Crippen LogP contribution in [0.4, 0.5) is 0 Å². The topological polar surface area (TPSA) is 140 Å². The van der Waals surface area contributed by atoms with E-state index in [0.717, 1.165) is 51.4 Å². The largest absolute Gasteiger partial charge is 0.394 e. The van der Waals surface area contributed by atoms with Gasteiger partial charge in [0.05, 0.1) is 24.4 Å². The number of hydrogen-bond donors (Lipinski definition) is 6. The summed E-state index contributed by atoms with van der Waals surface area (Å²) in [5, 5.41) is 64.8. The number of rotatable bonds is 7. The third-order valence-electron chi connectivity index (χ3n) is 14.5. The van der Waals surface area contributed by atoms with Crippen molar-refractivity contribution >= 4 is 0 Å². The first-order valence-corrected chi connectivity index (χ1v) is 17.3. The van der Waals surface area contributed by atoms with Crippen molar-refractivity contribution in [3.63, 3.8) is 0 Å². The van der Waals surface area contributed by atoms with Crippen LogP contribution in [0.3, 0.4) is 0 Å². The SMILES string of the molecule is CC(C)=CCCC(C)(O)[C@H]1CC[C@]2(C)C1C(O)C[C@@H]1[C@@]3(C)CC[C@H](OC4O[C@H](CO)[C@@H](O)[C@H](O)[C@H]4O)C(C)(C)[C@@H]3CC[C@]12C. The number of aliphatic hydroxyl groups excluding tert-OH is 5. The molecule has 254 valence electrons. The Morgan fingerprint density at radius 3 is 2.18 bits per heavy atom. The maximum absolute atomic E-state index is 12.0. The third kappa shape index (κ3) is 5.26. The van der Waals surface area contributed by atoms with Crippen LogP contribution in [0.5, 0.6) is 0 Å². The van der Waals surface area contributed by atoms with Gasteiger partial charge in [0, 0.05) is 0 Å². The second-order valence-electron chi connectivity index (χ2n) is 17.3. The Hall–Kier alpha value is -0.580. The van der Waals surface area contributed by atoms with Crippen molar-refractivity contribution in [2.24, 2.45) is 45.3 Å². The second-order valence-corrected chi connectivity index (χ2v) is 17.3. The molecule has 8 heteroatoms. The van der Waals surface area contributed by atoms with Gasteiger partial charge in [-0.25, -0.2) is 0 Å². The predicted molar refractivity (Wildman–Crippen MR) is 168 cm³/mol. The molecule has 15 atom stereocenters. The van der Waals surface area contributed by atoms with Gasteiger partial charge < -0.3 is 40.1 Å². The third-order valence-corrected chi connectivity index (χ3v) is 14.5. The molecule has 4 saturated carbocycles. The van der Waals surface area contributed by atoms with Gasteiger partial charge in [0.1, 0.15) is 24.4 Å². The molecule has 0 aromatic rings. The van der Waals surface area contributed by atoms with Crippen molar-refractivity contribution in [3.05, 3.63) is 11.6 Å². The van der Waals surface area contributed by atoms with Gasteiger partial charge in [-0.05, 0) is 124 Å². The van der Waals surface area contributed by atoms with E-state index in [1.807, 2.05) is 6.92 Å². The van der Waals surface area contributed by atoms with Gasteiger partial charge >= 0.3 is 0 Å². The van der Waals surface area contributed by atoms with Crippen molar-refractivity contribution < 1.29 is 40.1 Å². The lowest BCUT2D eigenvalue weighted by atomic mass is 9.35. The van der Waals surface area contributed by atoms with Gasteiger partial charge in [-0.3, -0.25) is 0 Å². The summed E-state index contributed by atoms with van der Waals surface area (Å²) in [6.07, 6.45) is 3.15. The molecule has 5 aliphatic rings. The Morgan fingerprint density at radius 2 is 1.55 bits per heavy atom. The van der Waals surface area contributed by atoms with Crippen molar-refractivity contribution in [2.45, 2.75) is 162 Å². The first-order valence-electron chi connectivity index (χ1n) is 17.3. The van der Waals surface area contributed by atoms with E-state index in [0.29, 0.717) is 18.3 Å². The van der Waals surface area contributed by atoms with Crippen molar-refractivity contribution in [1.82, 2.24) is 0 Å². The summed E-state index contributed by atoms with van der Waals surface area (Å²) in [5.41, 5.74) is 0.122. The normalized spacial score (nSPS) is 51.5. The molecule has 4 aliphatic carbocycles. The van der Waals surface area contributed by atoms with Crippen molar-refractivity contribution in [2.75, 3.05) is 6.61 Å². The van der Waals surface area contributed by atoms with Gasteiger partial charge in [-0.1, -0.05) is 46.3 Å². The van der Waals surface area contributed by atoms with Crippen LogP contribution in [0.1, 0.15) is 113 Å². The summed E-state index contributed by atoms with van der Waals surface area (Å²) in [5.74, 6) is 0.792. The molecule has 8 nitrogen and oxygen atoms in total. The average molecular weight is 623 g/mol. The lowest BCUT2D eigenvalue weighted by Crippen LogP contribution is -2.67. The van der Waals surface area contributed by atoms with Crippen LogP contribution >= 0.6 is 0 Å². The molecule has 4 unspecified atom stereocenters. The molecule has 5 rings (SSSR count). The molecule has 0 aromatic heterocycles. The zero-order chi connectivity index (χ0) is 32.6. The zero-order valence-corrected chi connectivity index (χ0v) is 28.5. The highest BCUT2D eigenvalue weighted by atomic mass is 16.7. The van der Waals surface area contributed by atoms with E-state index in [1.54, 1.807) is 0 Å². The lowest BCUT2D eigenvalue weighted by Gasteiger charge is -2.70. The van der Waals surface area contributed by atoms with Crippen LogP contribution in [0.25, 0.3) is 0 Å². The van der Waals surface area contributed by atoms with E-state index in [2.05, 4.69) is 54.5 Å². The van der Waals surface area contributed by atoms with Gasteiger partial charge in [-0.2, -0.15) is 0 Å². The fourth-order valence-electron chi connectivity index (χ4n) is 11.9. The van der Waals surface area contributed by atoms with Crippen LogP contribution < -0.4 is 0 Å². The number of aliphatic hydroxyl groups is 6. The minimum atomic E-state index is -1.46. The van der Waals surface area contributed by atoms with E-state index in [9.17, 15) is 30.6 Å². The number of fused-ring (bicyclic) bond motifs is 5. The summed E-state index contributed by atoms with van der Waals surface area (Å²) < 4.78 is 12.2. The highest BCUT2D eigenvalue weighted by Gasteiger charge is 2.71. The van der Waals surface area contributed by atoms with Crippen LogP contribution in [0.2, 0.25) is 0 Å². The highest BCUT2D eigenvalue weighted by Crippen LogP contribution is 2.76. The molecular weight excluding hydrogens is 560 g/mol. The van der Waals surface area contributed by atoms with Gasteiger partial charge in [0.2, 0.25) is 0 Å². The molecule has 0 spiro atoms. The minimum Gasteiger partial charge on any atom is -0.394 e. The van der Waals surface area contributed by atoms with Crippen LogP contribution in [0, 0.1) is 45.3 Å². The van der Waals surface area contributed by atoms with Crippen molar-refractivity contribution in [1.29, 1.82) is 0 Å². The summed E-state index contributed by atoms with van der Waals surface area (Å²) in [6.45, 7) is 17.5. The first kappa shape index (κ1) is 34.7. The molecule has 0 bridgehead atoms. The Labute approximate surface area is 265 Å². The molecule has 5 fully saturated rings. The Bertz CT molecular complexity index is 1070. The minimum absolute atomic E-state index is 0.0231. The monoisotopic (exact) mass is 622 g/mol. The van der Waals surface area contributed by atoms with Crippen LogP contribution in [-0.4, -0.2) is 85.8 Å². The standard InChI is InChI=1S/C36H62O8/c1-20(2)10-9-14-36(8,42)21-11-16-35(7)27(21)22(38)18-25-33(5)15-13-26(32(3,4)24(33)12-17-34(25,35)6)44-31-30(41)29(40)28(39)23(19-37)43-31/h10,21-31,37-42H,9,11-19H2,1-8H3/t21-,22?,23+,24-,25+,26-,27?,28+,29-,30+,31?,33-,34+,35+,36?/m0/s1. The molecule has 1 aliphatic heterocycles. The van der Waals surface area contributed by atoms with Crippen LogP contribution in [-0.2, 0) is 9.47 Å². The summed E-state index contributed by atoms with van der Waals surface area (Å²) in [6, 6.07) is 0. The molecule has 44 heavy (non-hydrogen) atoms. The average Bonchev–Trinajstić information content (AvgIpc) is 3.32. The summed E-state index contributed by atoms with van der Waals surface area (Å²) in [7, 11) is 0. The Kier molecular flexibility index (Phi) is 9.35. The fraction of sp³-hybridized carbons (Fsp3) is 0.944. The molecule has 1 heterocycles. The van der Waals surface area contributed by atoms with E-state index in [1.165, 1.54) is 5.57 Å². The maximum atomic E-state index is 12.0. The van der Waals surface area contributed by atoms with E-state index >= 15 is 0 Å². The van der Waals surface area contributed by atoms with Gasteiger partial charge in [-0.15, -0.1) is 0 Å².